The predicted octanol–water partition coefficient (Wildman–Crippen LogP) is 14.6. The van der Waals surface area contributed by atoms with Crippen molar-refractivity contribution in [1.29, 1.82) is 0 Å². The Labute approximate surface area is 298 Å². The van der Waals surface area contributed by atoms with E-state index >= 15 is 0 Å². The number of anilines is 3. The van der Waals surface area contributed by atoms with Gasteiger partial charge in [0, 0.05) is 37.6 Å². The van der Waals surface area contributed by atoms with Crippen LogP contribution in [-0.2, 0) is 0 Å². The number of thiophene rings is 1. The highest BCUT2D eigenvalue weighted by Crippen LogP contribution is 2.47. The van der Waals surface area contributed by atoms with Crippen LogP contribution in [0.1, 0.15) is 0 Å². The van der Waals surface area contributed by atoms with E-state index in [1.807, 2.05) is 23.5 Å². The van der Waals surface area contributed by atoms with E-state index in [-0.39, 0.29) is 0 Å². The van der Waals surface area contributed by atoms with E-state index in [9.17, 15) is 0 Å². The minimum atomic E-state index is 0.909. The summed E-state index contributed by atoms with van der Waals surface area (Å²) >= 11 is 1.89. The van der Waals surface area contributed by atoms with Crippen LogP contribution in [0.2, 0.25) is 0 Å². The van der Waals surface area contributed by atoms with Crippen LogP contribution in [0.25, 0.3) is 85.6 Å². The van der Waals surface area contributed by atoms with E-state index in [2.05, 4.69) is 169 Å². The van der Waals surface area contributed by atoms with Gasteiger partial charge in [-0.05, 0) is 85.9 Å². The summed E-state index contributed by atoms with van der Waals surface area (Å²) in [4.78, 5) is 2.44. The number of rotatable bonds is 4. The van der Waals surface area contributed by atoms with Crippen LogP contribution in [0.5, 0.6) is 0 Å². The van der Waals surface area contributed by atoms with E-state index in [0.717, 1.165) is 38.9 Å². The molecule has 3 heteroatoms. The first-order chi connectivity index (χ1) is 25.3. The fourth-order valence-electron chi connectivity index (χ4n) is 8.05. The first-order valence-corrected chi connectivity index (χ1v) is 18.2. The van der Waals surface area contributed by atoms with Gasteiger partial charge in [0.2, 0.25) is 0 Å². The zero-order valence-corrected chi connectivity index (χ0v) is 28.3. The van der Waals surface area contributed by atoms with Gasteiger partial charge >= 0.3 is 0 Å². The van der Waals surface area contributed by atoms with Gasteiger partial charge in [0.25, 0.3) is 0 Å². The maximum atomic E-state index is 6.24. The fourth-order valence-corrected chi connectivity index (χ4v) is 9.39. The topological polar surface area (TPSA) is 16.4 Å². The summed E-state index contributed by atoms with van der Waals surface area (Å²) in [6.07, 6.45) is 0. The lowest BCUT2D eigenvalue weighted by Gasteiger charge is -2.27. The van der Waals surface area contributed by atoms with E-state index in [1.165, 1.54) is 63.7 Å². The van der Waals surface area contributed by atoms with Crippen LogP contribution >= 0.6 is 11.3 Å². The monoisotopic (exact) mass is 667 g/mol. The van der Waals surface area contributed by atoms with Crippen molar-refractivity contribution in [3.05, 3.63) is 176 Å². The molecule has 0 aliphatic carbocycles. The van der Waals surface area contributed by atoms with Gasteiger partial charge in [0.15, 0.2) is 0 Å². The van der Waals surface area contributed by atoms with Gasteiger partial charge in [0.1, 0.15) is 11.2 Å². The molecule has 0 spiro atoms. The van der Waals surface area contributed by atoms with Crippen LogP contribution in [0, 0.1) is 0 Å². The molecule has 0 saturated heterocycles. The Balaban J connectivity index is 1.15. The number of benzene rings is 9. The smallest absolute Gasteiger partial charge is 0.136 e. The second-order valence-corrected chi connectivity index (χ2v) is 14.3. The lowest BCUT2D eigenvalue weighted by Crippen LogP contribution is -2.10. The Morgan fingerprint density at radius 3 is 1.86 bits per heavy atom. The third-order valence-electron chi connectivity index (χ3n) is 10.4. The molecule has 0 atom stereocenters. The third-order valence-corrected chi connectivity index (χ3v) is 11.7. The van der Waals surface area contributed by atoms with Crippen molar-refractivity contribution in [2.24, 2.45) is 0 Å². The van der Waals surface area contributed by atoms with E-state index in [1.54, 1.807) is 0 Å². The van der Waals surface area contributed by atoms with Crippen molar-refractivity contribution in [2.75, 3.05) is 4.90 Å². The largest absolute Gasteiger partial charge is 0.456 e. The second kappa shape index (κ2) is 11.0. The van der Waals surface area contributed by atoms with Crippen LogP contribution < -0.4 is 4.90 Å². The van der Waals surface area contributed by atoms with Crippen molar-refractivity contribution in [2.45, 2.75) is 0 Å². The molecule has 9 aromatic carbocycles. The van der Waals surface area contributed by atoms with Crippen molar-refractivity contribution < 1.29 is 4.42 Å². The molecule has 0 bridgehead atoms. The molecular formula is C48H29NOS. The quantitative estimate of drug-likeness (QED) is 0.174. The summed E-state index contributed by atoms with van der Waals surface area (Å²) in [6.45, 7) is 0. The highest BCUT2D eigenvalue weighted by atomic mass is 32.1. The van der Waals surface area contributed by atoms with Gasteiger partial charge in [-0.25, -0.2) is 0 Å². The summed E-state index contributed by atoms with van der Waals surface area (Å²) in [6, 6.07) is 63.8. The van der Waals surface area contributed by atoms with Crippen LogP contribution in [0.3, 0.4) is 0 Å². The number of fused-ring (bicyclic) bond motifs is 11. The molecule has 11 aromatic rings. The van der Waals surface area contributed by atoms with E-state index in [0.29, 0.717) is 0 Å². The van der Waals surface area contributed by atoms with Crippen LogP contribution in [0.15, 0.2) is 180 Å². The highest BCUT2D eigenvalue weighted by molar-refractivity contribution is 7.27. The molecule has 11 rings (SSSR count). The molecule has 238 valence electrons. The number of furan rings is 1. The predicted molar refractivity (Wildman–Crippen MR) is 219 cm³/mol. The molecule has 0 amide bonds. The molecule has 0 fully saturated rings. The zero-order chi connectivity index (χ0) is 33.5. The minimum Gasteiger partial charge on any atom is -0.456 e. The summed E-state index contributed by atoms with van der Waals surface area (Å²) in [5.74, 6) is 0. The Morgan fingerprint density at radius 1 is 0.392 bits per heavy atom. The number of para-hydroxylation sites is 1. The molecule has 0 aliphatic rings. The molecule has 2 nitrogen and oxygen atoms in total. The van der Waals surface area contributed by atoms with Crippen LogP contribution in [0.4, 0.5) is 17.1 Å². The second-order valence-electron chi connectivity index (χ2n) is 13.3. The molecule has 2 heterocycles. The van der Waals surface area contributed by atoms with Gasteiger partial charge < -0.3 is 9.32 Å². The molecule has 0 N–H and O–H groups in total. The Morgan fingerprint density at radius 2 is 1.00 bits per heavy atom. The molecule has 0 aliphatic heterocycles. The maximum absolute atomic E-state index is 6.24. The molecule has 0 radical (unpaired) electrons. The van der Waals surface area contributed by atoms with E-state index < -0.39 is 0 Å². The average Bonchev–Trinajstić information content (AvgIpc) is 3.78. The third kappa shape index (κ3) is 4.35. The SMILES string of the molecule is c1ccc2c(c1)ccc1ccc(N(c3ccc(-c4cccc5oc6ccccc6c45)cc3)c3cccc4c3sc3c5ccccc5ccc43)cc12. The molecular weight excluding hydrogens is 639 g/mol. The zero-order valence-electron chi connectivity index (χ0n) is 27.5. The van der Waals surface area contributed by atoms with Crippen molar-refractivity contribution >= 4 is 103 Å². The summed E-state index contributed by atoms with van der Waals surface area (Å²) in [7, 11) is 0. The van der Waals surface area contributed by atoms with Gasteiger partial charge in [0.05, 0.1) is 10.4 Å². The molecule has 0 saturated carbocycles. The number of hydrogen-bond acceptors (Lipinski definition) is 3. The van der Waals surface area contributed by atoms with Crippen LogP contribution in [-0.4, -0.2) is 0 Å². The van der Waals surface area contributed by atoms with Crippen molar-refractivity contribution in [1.82, 2.24) is 0 Å². The Hall–Kier alpha value is -6.42. The molecule has 2 aromatic heterocycles. The van der Waals surface area contributed by atoms with Gasteiger partial charge in [-0.3, -0.25) is 0 Å². The summed E-state index contributed by atoms with van der Waals surface area (Å²) < 4.78 is 8.85. The maximum Gasteiger partial charge on any atom is 0.136 e. The number of hydrogen-bond donors (Lipinski definition) is 0. The van der Waals surface area contributed by atoms with Crippen molar-refractivity contribution in [3.8, 4) is 11.1 Å². The highest BCUT2D eigenvalue weighted by Gasteiger charge is 2.20. The Bertz CT molecular complexity index is 3150. The van der Waals surface area contributed by atoms with Gasteiger partial charge in [-0.2, -0.15) is 0 Å². The molecule has 51 heavy (non-hydrogen) atoms. The summed E-state index contributed by atoms with van der Waals surface area (Å²) in [5.41, 5.74) is 7.57. The standard InChI is InChI=1S/C48H29NOS/c1-3-11-36-30(9-1)19-20-33-23-27-35(29-42(33)36)49(43-16-7-15-39-40-28-24-31-10-2-4-12-38(31)47(40)51-48(39)43)34-25-21-32(22-26-34)37-14-8-18-45-46(37)41-13-5-6-17-44(41)50-45/h1-29H. The first kappa shape index (κ1) is 28.4. The fraction of sp³-hybridized carbons (Fsp3) is 0. The average molecular weight is 668 g/mol. The van der Waals surface area contributed by atoms with Gasteiger partial charge in [-0.15, -0.1) is 11.3 Å². The lowest BCUT2D eigenvalue weighted by molar-refractivity contribution is 0.669. The summed E-state index contributed by atoms with van der Waals surface area (Å²) in [5, 5.41) is 12.4. The van der Waals surface area contributed by atoms with Gasteiger partial charge in [-0.1, -0.05) is 133 Å². The first-order valence-electron chi connectivity index (χ1n) is 17.3. The Kier molecular flexibility index (Phi) is 6.16. The number of nitrogens with zero attached hydrogens (tertiary/aromatic N) is 1. The normalized spacial score (nSPS) is 11.9. The van der Waals surface area contributed by atoms with E-state index in [4.69, 9.17) is 4.42 Å². The minimum absolute atomic E-state index is 0.909. The van der Waals surface area contributed by atoms with Crippen molar-refractivity contribution in [3.63, 3.8) is 0 Å². The lowest BCUT2D eigenvalue weighted by atomic mass is 9.98. The molecule has 0 unspecified atom stereocenters.